The first-order valence-electron chi connectivity index (χ1n) is 5.22. The molecule has 0 aliphatic heterocycles. The molecule has 0 bridgehead atoms. The Bertz CT molecular complexity index is 369. The monoisotopic (exact) mass is 302 g/mol. The van der Waals surface area contributed by atoms with E-state index in [1.807, 2.05) is 0 Å². The number of pyridine rings is 1. The van der Waals surface area contributed by atoms with Gasteiger partial charge in [-0.15, -0.1) is 0 Å². The molecule has 0 saturated carbocycles. The zero-order valence-electron chi connectivity index (χ0n) is 9.43. The Labute approximate surface area is 108 Å². The first-order valence-corrected chi connectivity index (χ1v) is 6.02. The van der Waals surface area contributed by atoms with E-state index in [1.165, 1.54) is 6.92 Å². The molecule has 5 nitrogen and oxygen atoms in total. The van der Waals surface area contributed by atoms with Crippen LogP contribution in [0.25, 0.3) is 0 Å². The van der Waals surface area contributed by atoms with Crippen LogP contribution in [0.15, 0.2) is 22.8 Å². The average molecular weight is 303 g/mol. The summed E-state index contributed by atoms with van der Waals surface area (Å²) in [5, 5.41) is 22.1. The van der Waals surface area contributed by atoms with Crippen molar-refractivity contribution in [3.8, 4) is 0 Å². The van der Waals surface area contributed by atoms with Crippen LogP contribution in [0.2, 0.25) is 0 Å². The molecule has 0 aromatic carbocycles. The van der Waals surface area contributed by atoms with Gasteiger partial charge < -0.3 is 15.5 Å². The van der Waals surface area contributed by atoms with Gasteiger partial charge in [-0.2, -0.15) is 0 Å². The maximum absolute atomic E-state index is 10.6. The Hall–Kier alpha value is -0.980. The van der Waals surface area contributed by atoms with Gasteiger partial charge in [0.05, 0.1) is 11.8 Å². The molecule has 94 valence electrons. The molecule has 1 rings (SSSR count). The highest BCUT2D eigenvalue weighted by molar-refractivity contribution is 9.10. The number of rotatable bonds is 5. The van der Waals surface area contributed by atoms with Gasteiger partial charge in [-0.25, -0.2) is 0 Å². The van der Waals surface area contributed by atoms with Gasteiger partial charge in [0, 0.05) is 24.1 Å². The number of aromatic nitrogens is 1. The van der Waals surface area contributed by atoms with Crippen LogP contribution in [0, 0.1) is 0 Å². The summed E-state index contributed by atoms with van der Waals surface area (Å²) in [6, 6.07) is 3.38. The standard InChI is InChI=1S/C11H15BrN2O3/c1-7(15)13-5-4-10(16)11(17)9-3-2-8(12)6-14-9/h2-3,6,10-11,16-17H,4-5H2,1H3,(H,13,15). The molecule has 2 unspecified atom stereocenters. The van der Waals surface area contributed by atoms with E-state index in [1.54, 1.807) is 18.3 Å². The lowest BCUT2D eigenvalue weighted by Gasteiger charge is -2.17. The third-order valence-corrected chi connectivity index (χ3v) is 2.70. The van der Waals surface area contributed by atoms with Crippen molar-refractivity contribution in [2.24, 2.45) is 0 Å². The first-order chi connectivity index (χ1) is 8.00. The second kappa shape index (κ2) is 6.68. The van der Waals surface area contributed by atoms with Gasteiger partial charge in [0.2, 0.25) is 5.91 Å². The summed E-state index contributed by atoms with van der Waals surface area (Å²) in [5.74, 6) is -0.159. The molecular formula is C11H15BrN2O3. The number of carbonyl (C=O) groups excluding carboxylic acids is 1. The van der Waals surface area contributed by atoms with Crippen LogP contribution in [0.5, 0.6) is 0 Å². The highest BCUT2D eigenvalue weighted by Crippen LogP contribution is 2.18. The van der Waals surface area contributed by atoms with Gasteiger partial charge in [0.15, 0.2) is 0 Å². The fraction of sp³-hybridized carbons (Fsp3) is 0.455. The summed E-state index contributed by atoms with van der Waals surface area (Å²) < 4.78 is 0.807. The van der Waals surface area contributed by atoms with E-state index in [0.717, 1.165) is 4.47 Å². The molecule has 0 spiro atoms. The lowest BCUT2D eigenvalue weighted by Crippen LogP contribution is -2.28. The maximum atomic E-state index is 10.6. The summed E-state index contributed by atoms with van der Waals surface area (Å²) in [7, 11) is 0. The second-order valence-corrected chi connectivity index (χ2v) is 4.60. The van der Waals surface area contributed by atoms with E-state index in [9.17, 15) is 15.0 Å². The summed E-state index contributed by atoms with van der Waals surface area (Å²) >= 11 is 3.24. The number of halogens is 1. The number of hydrogen-bond donors (Lipinski definition) is 3. The number of amides is 1. The normalized spacial score (nSPS) is 14.1. The van der Waals surface area contributed by atoms with Crippen molar-refractivity contribution < 1.29 is 15.0 Å². The summed E-state index contributed by atoms with van der Waals surface area (Å²) in [6.45, 7) is 1.73. The minimum Gasteiger partial charge on any atom is -0.390 e. The number of carbonyl (C=O) groups is 1. The van der Waals surface area contributed by atoms with E-state index in [2.05, 4.69) is 26.2 Å². The topological polar surface area (TPSA) is 82.5 Å². The molecule has 2 atom stereocenters. The quantitative estimate of drug-likeness (QED) is 0.750. The van der Waals surface area contributed by atoms with Gasteiger partial charge in [-0.3, -0.25) is 9.78 Å². The summed E-state index contributed by atoms with van der Waals surface area (Å²) in [6.07, 6.45) is -0.162. The van der Waals surface area contributed by atoms with Crippen LogP contribution in [0.1, 0.15) is 25.1 Å². The fourth-order valence-corrected chi connectivity index (χ4v) is 1.55. The van der Waals surface area contributed by atoms with Crippen LogP contribution in [0.4, 0.5) is 0 Å². The number of nitrogens with one attached hydrogen (secondary N) is 1. The van der Waals surface area contributed by atoms with Crippen LogP contribution in [-0.2, 0) is 4.79 Å². The van der Waals surface area contributed by atoms with Crippen LogP contribution in [-0.4, -0.2) is 33.8 Å². The minimum atomic E-state index is -1.04. The van der Waals surface area contributed by atoms with Crippen molar-refractivity contribution >= 4 is 21.8 Å². The predicted molar refractivity (Wildman–Crippen MR) is 66.2 cm³/mol. The van der Waals surface area contributed by atoms with Gasteiger partial charge in [-0.1, -0.05) is 0 Å². The lowest BCUT2D eigenvalue weighted by molar-refractivity contribution is -0.119. The SMILES string of the molecule is CC(=O)NCCC(O)C(O)c1ccc(Br)cn1. The Morgan fingerprint density at radius 3 is 2.76 bits per heavy atom. The van der Waals surface area contributed by atoms with Crippen molar-refractivity contribution in [2.75, 3.05) is 6.54 Å². The van der Waals surface area contributed by atoms with E-state index < -0.39 is 12.2 Å². The Balaban J connectivity index is 2.48. The molecule has 1 heterocycles. The van der Waals surface area contributed by atoms with E-state index in [-0.39, 0.29) is 12.3 Å². The molecule has 1 amide bonds. The Morgan fingerprint density at radius 1 is 1.53 bits per heavy atom. The van der Waals surface area contributed by atoms with Gasteiger partial charge in [0.25, 0.3) is 0 Å². The van der Waals surface area contributed by atoms with Crippen LogP contribution < -0.4 is 5.32 Å². The van der Waals surface area contributed by atoms with Crippen molar-refractivity contribution in [3.63, 3.8) is 0 Å². The highest BCUT2D eigenvalue weighted by Gasteiger charge is 2.19. The highest BCUT2D eigenvalue weighted by atomic mass is 79.9. The van der Waals surface area contributed by atoms with Crippen LogP contribution in [0.3, 0.4) is 0 Å². The number of aliphatic hydroxyl groups is 2. The van der Waals surface area contributed by atoms with Gasteiger partial charge >= 0.3 is 0 Å². The molecule has 1 aromatic heterocycles. The molecule has 0 fully saturated rings. The molecule has 0 aliphatic carbocycles. The first kappa shape index (κ1) is 14.1. The molecular weight excluding hydrogens is 288 g/mol. The summed E-state index contributed by atoms with van der Waals surface area (Å²) in [4.78, 5) is 14.6. The molecule has 6 heteroatoms. The molecule has 1 aromatic rings. The number of hydrogen-bond acceptors (Lipinski definition) is 4. The molecule has 0 radical (unpaired) electrons. The van der Waals surface area contributed by atoms with E-state index >= 15 is 0 Å². The van der Waals surface area contributed by atoms with E-state index in [4.69, 9.17) is 0 Å². The van der Waals surface area contributed by atoms with Crippen molar-refractivity contribution in [1.29, 1.82) is 0 Å². The largest absolute Gasteiger partial charge is 0.390 e. The fourth-order valence-electron chi connectivity index (χ4n) is 1.31. The van der Waals surface area contributed by atoms with Gasteiger partial charge in [0.1, 0.15) is 6.10 Å². The molecule has 0 aliphatic rings. The Morgan fingerprint density at radius 2 is 2.24 bits per heavy atom. The van der Waals surface area contributed by atoms with Crippen LogP contribution >= 0.6 is 15.9 Å². The molecule has 0 saturated heterocycles. The van der Waals surface area contributed by atoms with Crippen molar-refractivity contribution in [3.05, 3.63) is 28.5 Å². The second-order valence-electron chi connectivity index (χ2n) is 3.69. The third kappa shape index (κ3) is 4.80. The zero-order chi connectivity index (χ0) is 12.8. The van der Waals surface area contributed by atoms with Crippen molar-refractivity contribution in [1.82, 2.24) is 10.3 Å². The zero-order valence-corrected chi connectivity index (χ0v) is 11.0. The lowest BCUT2D eigenvalue weighted by atomic mass is 10.1. The minimum absolute atomic E-state index is 0.159. The predicted octanol–water partition coefficient (Wildman–Crippen LogP) is 0.765. The van der Waals surface area contributed by atoms with E-state index in [0.29, 0.717) is 12.2 Å². The summed E-state index contributed by atoms with van der Waals surface area (Å²) in [5.41, 5.74) is 0.406. The van der Waals surface area contributed by atoms with Crippen molar-refractivity contribution in [2.45, 2.75) is 25.6 Å². The Kier molecular flexibility index (Phi) is 5.54. The van der Waals surface area contributed by atoms with Gasteiger partial charge in [-0.05, 0) is 34.5 Å². The number of aliphatic hydroxyl groups excluding tert-OH is 2. The average Bonchev–Trinajstić information content (AvgIpc) is 2.28. The maximum Gasteiger partial charge on any atom is 0.216 e. The molecule has 3 N–H and O–H groups in total. The third-order valence-electron chi connectivity index (χ3n) is 2.23. The smallest absolute Gasteiger partial charge is 0.216 e. The molecule has 17 heavy (non-hydrogen) atoms. The number of nitrogens with zero attached hydrogens (tertiary/aromatic N) is 1.